The second-order valence-electron chi connectivity index (χ2n) is 5.28. The summed E-state index contributed by atoms with van der Waals surface area (Å²) in [6.07, 6.45) is 4.10. The maximum atomic E-state index is 4.72. The van der Waals surface area contributed by atoms with Crippen LogP contribution in [0.25, 0.3) is 16.9 Å². The summed E-state index contributed by atoms with van der Waals surface area (Å²) in [5.41, 5.74) is 5.43. The smallest absolute Gasteiger partial charge is 0.139 e. The van der Waals surface area contributed by atoms with E-state index < -0.39 is 0 Å². The monoisotopic (exact) mass is 294 g/mol. The quantitative estimate of drug-likeness (QED) is 0.775. The number of nitrogens with zero attached hydrogens (tertiary/aromatic N) is 3. The van der Waals surface area contributed by atoms with Crippen molar-refractivity contribution in [3.63, 3.8) is 0 Å². The second-order valence-corrected chi connectivity index (χ2v) is 5.28. The van der Waals surface area contributed by atoms with Crippen molar-refractivity contribution in [2.45, 2.75) is 13.8 Å². The molecule has 1 aromatic carbocycles. The number of fused-ring (bicyclic) bond motifs is 1. The molecule has 0 unspecified atom stereocenters. The zero-order valence-electron chi connectivity index (χ0n) is 13.4. The number of nitrogens with one attached hydrogen (secondary N) is 1. The topological polar surface area (TPSA) is 32.6 Å². The third kappa shape index (κ3) is 2.64. The SMILES string of the molecule is CCN(CC)c1ccc(-c2cn3ccc(NC)cc3n2)cc1. The van der Waals surface area contributed by atoms with E-state index in [9.17, 15) is 0 Å². The molecule has 22 heavy (non-hydrogen) atoms. The number of hydrogen-bond donors (Lipinski definition) is 1. The van der Waals surface area contributed by atoms with Gasteiger partial charge in [0.1, 0.15) is 5.65 Å². The van der Waals surface area contributed by atoms with Crippen molar-refractivity contribution in [3.05, 3.63) is 48.8 Å². The fraction of sp³-hybridized carbons (Fsp3) is 0.278. The molecule has 0 fully saturated rings. The van der Waals surface area contributed by atoms with E-state index >= 15 is 0 Å². The van der Waals surface area contributed by atoms with E-state index in [0.717, 1.165) is 35.7 Å². The number of hydrogen-bond acceptors (Lipinski definition) is 3. The van der Waals surface area contributed by atoms with Gasteiger partial charge in [-0.05, 0) is 32.0 Å². The lowest BCUT2D eigenvalue weighted by molar-refractivity contribution is 0.866. The standard InChI is InChI=1S/C18H22N4/c1-4-21(5-2)16-8-6-14(7-9-16)17-13-22-11-10-15(19-3)12-18(22)20-17/h6-13,19H,4-5H2,1-3H3. The van der Waals surface area contributed by atoms with Crippen LogP contribution >= 0.6 is 0 Å². The molecule has 0 spiro atoms. The molecule has 114 valence electrons. The van der Waals surface area contributed by atoms with Crippen molar-refractivity contribution in [1.82, 2.24) is 9.38 Å². The first-order valence-electron chi connectivity index (χ1n) is 7.77. The molecule has 4 nitrogen and oxygen atoms in total. The fourth-order valence-electron chi connectivity index (χ4n) is 2.71. The molecule has 0 aliphatic rings. The number of benzene rings is 1. The first-order chi connectivity index (χ1) is 10.7. The minimum Gasteiger partial charge on any atom is -0.388 e. The van der Waals surface area contributed by atoms with Gasteiger partial charge in [-0.2, -0.15) is 0 Å². The lowest BCUT2D eigenvalue weighted by atomic mass is 10.1. The van der Waals surface area contributed by atoms with Crippen LogP contribution in [0.2, 0.25) is 0 Å². The Balaban J connectivity index is 1.93. The van der Waals surface area contributed by atoms with Gasteiger partial charge < -0.3 is 14.6 Å². The number of rotatable bonds is 5. The highest BCUT2D eigenvalue weighted by molar-refractivity contribution is 5.67. The molecule has 2 heterocycles. The van der Waals surface area contributed by atoms with E-state index in [4.69, 9.17) is 4.98 Å². The third-order valence-electron chi connectivity index (χ3n) is 4.04. The van der Waals surface area contributed by atoms with Crippen LogP contribution in [0.5, 0.6) is 0 Å². The number of aromatic nitrogens is 2. The normalized spacial score (nSPS) is 10.9. The van der Waals surface area contributed by atoms with E-state index in [0.29, 0.717) is 0 Å². The van der Waals surface area contributed by atoms with Crippen LogP contribution in [0, 0.1) is 0 Å². The van der Waals surface area contributed by atoms with Gasteiger partial charge in [-0.3, -0.25) is 0 Å². The molecule has 0 aliphatic carbocycles. The number of pyridine rings is 1. The molecule has 4 heteroatoms. The van der Waals surface area contributed by atoms with Gasteiger partial charge in [-0.25, -0.2) is 4.98 Å². The minimum atomic E-state index is 0.953. The average Bonchev–Trinajstić information content (AvgIpc) is 2.99. The minimum absolute atomic E-state index is 0.953. The fourth-order valence-corrected chi connectivity index (χ4v) is 2.71. The molecule has 2 aromatic heterocycles. The van der Waals surface area contributed by atoms with E-state index in [1.165, 1.54) is 5.69 Å². The molecule has 3 aromatic rings. The molecule has 0 atom stereocenters. The molecule has 1 N–H and O–H groups in total. The molecule has 0 saturated carbocycles. The first-order valence-corrected chi connectivity index (χ1v) is 7.77. The Morgan fingerprint density at radius 2 is 1.82 bits per heavy atom. The van der Waals surface area contributed by atoms with Crippen LogP contribution in [0.15, 0.2) is 48.8 Å². The van der Waals surface area contributed by atoms with Gasteiger partial charge in [0.2, 0.25) is 0 Å². The van der Waals surface area contributed by atoms with E-state index in [2.05, 4.69) is 58.9 Å². The Kier molecular flexibility index (Phi) is 4.00. The summed E-state index contributed by atoms with van der Waals surface area (Å²) in [5.74, 6) is 0. The zero-order valence-corrected chi connectivity index (χ0v) is 13.4. The summed E-state index contributed by atoms with van der Waals surface area (Å²) in [6.45, 7) is 6.41. The van der Waals surface area contributed by atoms with Crippen molar-refractivity contribution in [3.8, 4) is 11.3 Å². The van der Waals surface area contributed by atoms with Gasteiger partial charge in [0.05, 0.1) is 5.69 Å². The van der Waals surface area contributed by atoms with E-state index in [1.54, 1.807) is 0 Å². The van der Waals surface area contributed by atoms with Crippen LogP contribution < -0.4 is 10.2 Å². The third-order valence-corrected chi connectivity index (χ3v) is 4.04. The number of anilines is 2. The van der Waals surface area contributed by atoms with Crippen LogP contribution in [0.3, 0.4) is 0 Å². The Morgan fingerprint density at radius 1 is 1.09 bits per heavy atom. The van der Waals surface area contributed by atoms with Crippen LogP contribution in [0.4, 0.5) is 11.4 Å². The highest BCUT2D eigenvalue weighted by Gasteiger charge is 2.06. The van der Waals surface area contributed by atoms with Gasteiger partial charge >= 0.3 is 0 Å². The van der Waals surface area contributed by atoms with Gasteiger partial charge in [0, 0.05) is 55.5 Å². The molecule has 0 saturated heterocycles. The Hall–Kier alpha value is -2.49. The maximum Gasteiger partial charge on any atom is 0.139 e. The van der Waals surface area contributed by atoms with Crippen molar-refractivity contribution in [1.29, 1.82) is 0 Å². The highest BCUT2D eigenvalue weighted by atomic mass is 15.1. The summed E-state index contributed by atoms with van der Waals surface area (Å²) in [6, 6.07) is 12.7. The van der Waals surface area contributed by atoms with Crippen LogP contribution in [-0.4, -0.2) is 29.5 Å². The predicted molar refractivity (Wildman–Crippen MR) is 93.7 cm³/mol. The Bertz CT molecular complexity index is 754. The Labute approximate surface area is 131 Å². The van der Waals surface area contributed by atoms with E-state index in [-0.39, 0.29) is 0 Å². The second kappa shape index (κ2) is 6.10. The molecular formula is C18H22N4. The molecular weight excluding hydrogens is 272 g/mol. The molecule has 0 aliphatic heterocycles. The summed E-state index contributed by atoms with van der Waals surface area (Å²) in [7, 11) is 1.92. The lowest BCUT2D eigenvalue weighted by Crippen LogP contribution is -2.21. The van der Waals surface area contributed by atoms with Crippen molar-refractivity contribution in [2.24, 2.45) is 0 Å². The summed E-state index contributed by atoms with van der Waals surface area (Å²) in [5, 5.41) is 3.14. The van der Waals surface area contributed by atoms with Gasteiger partial charge in [0.25, 0.3) is 0 Å². The first kappa shape index (κ1) is 14.4. The maximum absolute atomic E-state index is 4.72. The largest absolute Gasteiger partial charge is 0.388 e. The molecule has 0 amide bonds. The average molecular weight is 294 g/mol. The van der Waals surface area contributed by atoms with Crippen molar-refractivity contribution >= 4 is 17.0 Å². The Morgan fingerprint density at radius 3 is 2.45 bits per heavy atom. The van der Waals surface area contributed by atoms with Crippen LogP contribution in [0.1, 0.15) is 13.8 Å². The summed E-state index contributed by atoms with van der Waals surface area (Å²) in [4.78, 5) is 7.06. The lowest BCUT2D eigenvalue weighted by Gasteiger charge is -2.20. The molecule has 0 bridgehead atoms. The molecule has 3 rings (SSSR count). The van der Waals surface area contributed by atoms with E-state index in [1.807, 2.05) is 25.4 Å². The predicted octanol–water partition coefficient (Wildman–Crippen LogP) is 3.89. The number of imidazole rings is 1. The van der Waals surface area contributed by atoms with Crippen molar-refractivity contribution in [2.75, 3.05) is 30.4 Å². The zero-order chi connectivity index (χ0) is 15.5. The van der Waals surface area contributed by atoms with Gasteiger partial charge in [0.15, 0.2) is 0 Å². The summed E-state index contributed by atoms with van der Waals surface area (Å²) >= 11 is 0. The molecule has 0 radical (unpaired) electrons. The van der Waals surface area contributed by atoms with Crippen LogP contribution in [-0.2, 0) is 0 Å². The highest BCUT2D eigenvalue weighted by Crippen LogP contribution is 2.23. The summed E-state index contributed by atoms with van der Waals surface area (Å²) < 4.78 is 2.05. The van der Waals surface area contributed by atoms with Gasteiger partial charge in [-0.15, -0.1) is 0 Å². The van der Waals surface area contributed by atoms with Crippen molar-refractivity contribution < 1.29 is 0 Å². The van der Waals surface area contributed by atoms with Gasteiger partial charge in [-0.1, -0.05) is 12.1 Å².